The molecule has 1 saturated heterocycles. The molecule has 1 fully saturated rings. The molecule has 1 aliphatic rings. The molecule has 2 heterocycles. The van der Waals surface area contributed by atoms with Crippen molar-refractivity contribution in [3.63, 3.8) is 0 Å². The molecular formula is C49H91N5O6. The number of nitrogens with zero attached hydrogens (tertiary/aromatic N) is 5. The minimum Gasteiger partial charge on any atom is -0.466 e. The molecule has 11 nitrogen and oxygen atoms in total. The van der Waals surface area contributed by atoms with Gasteiger partial charge in [-0.2, -0.15) is 0 Å². The first kappa shape index (κ1) is 53.6. The fraction of sp³-hybridized carbons (Fsp3) is 0.898. The minimum absolute atomic E-state index is 0.0438. The van der Waals surface area contributed by atoms with E-state index in [0.29, 0.717) is 45.6 Å². The van der Waals surface area contributed by atoms with Gasteiger partial charge in [-0.05, 0) is 84.8 Å². The first-order chi connectivity index (χ1) is 29.3. The second-order valence-corrected chi connectivity index (χ2v) is 18.0. The number of unbranched alkanes of at least 4 members (excludes halogenated alkanes) is 21. The maximum absolute atomic E-state index is 13.5. The van der Waals surface area contributed by atoms with Gasteiger partial charge < -0.3 is 19.1 Å². The summed E-state index contributed by atoms with van der Waals surface area (Å²) in [6, 6.07) is -0.272. The molecule has 3 atom stereocenters. The number of aromatic nitrogens is 3. The van der Waals surface area contributed by atoms with Gasteiger partial charge in [-0.25, -0.2) is 4.68 Å². The minimum atomic E-state index is -0.323. The van der Waals surface area contributed by atoms with Crippen LogP contribution in [0.4, 0.5) is 0 Å². The predicted molar refractivity (Wildman–Crippen MR) is 244 cm³/mol. The van der Waals surface area contributed by atoms with Crippen molar-refractivity contribution in [3.8, 4) is 0 Å². The fourth-order valence-corrected chi connectivity index (χ4v) is 8.34. The van der Waals surface area contributed by atoms with Crippen molar-refractivity contribution in [1.82, 2.24) is 24.8 Å². The lowest BCUT2D eigenvalue weighted by molar-refractivity contribution is -0.150. The van der Waals surface area contributed by atoms with Gasteiger partial charge in [0, 0.05) is 25.9 Å². The molecule has 0 bridgehead atoms. The Kier molecular flexibility index (Phi) is 32.2. The number of likely N-dealkylation sites (tertiary alicyclic amines) is 1. The largest absolute Gasteiger partial charge is 0.466 e. The second-order valence-electron chi connectivity index (χ2n) is 18.0. The van der Waals surface area contributed by atoms with Crippen LogP contribution in [0.1, 0.15) is 232 Å². The van der Waals surface area contributed by atoms with Gasteiger partial charge in [-0.15, -0.1) is 5.10 Å². The monoisotopic (exact) mass is 846 g/mol. The van der Waals surface area contributed by atoms with Crippen LogP contribution in [0.2, 0.25) is 0 Å². The molecule has 0 aliphatic carbocycles. The molecule has 1 aliphatic heterocycles. The van der Waals surface area contributed by atoms with Crippen molar-refractivity contribution in [1.29, 1.82) is 0 Å². The molecule has 1 aromatic heterocycles. The molecule has 0 amide bonds. The SMILES string of the molecule is CCCCCCCCCCCOC(=O)CCCCCN1CC(n2cc(CN(C)C)nn2)C[C@H]1C(=O)OCCCCCCCC(=O)OC(CCCCC)CCCCCCCC. The normalized spacial score (nSPS) is 16.1. The van der Waals surface area contributed by atoms with Crippen LogP contribution in [0.3, 0.4) is 0 Å². The summed E-state index contributed by atoms with van der Waals surface area (Å²) in [6.07, 6.45) is 35.1. The highest BCUT2D eigenvalue weighted by atomic mass is 16.5. The third-order valence-electron chi connectivity index (χ3n) is 12.0. The zero-order valence-electron chi connectivity index (χ0n) is 39.5. The lowest BCUT2D eigenvalue weighted by atomic mass is 10.0. The number of hydrogen-bond acceptors (Lipinski definition) is 10. The molecule has 0 N–H and O–H groups in total. The molecule has 2 rings (SSSR count). The van der Waals surface area contributed by atoms with Crippen LogP contribution in [0.25, 0.3) is 0 Å². The third kappa shape index (κ3) is 26.7. The van der Waals surface area contributed by atoms with Gasteiger partial charge in [-0.3, -0.25) is 19.3 Å². The van der Waals surface area contributed by atoms with Gasteiger partial charge in [0.25, 0.3) is 0 Å². The zero-order chi connectivity index (χ0) is 43.5. The summed E-state index contributed by atoms with van der Waals surface area (Å²) in [5, 5.41) is 8.79. The van der Waals surface area contributed by atoms with E-state index in [-0.39, 0.29) is 36.1 Å². The van der Waals surface area contributed by atoms with E-state index in [4.69, 9.17) is 14.2 Å². The molecule has 11 heteroatoms. The van der Waals surface area contributed by atoms with Crippen LogP contribution < -0.4 is 0 Å². The number of ether oxygens (including phenoxy) is 3. The quantitative estimate of drug-likeness (QED) is 0.0359. The maximum atomic E-state index is 13.5. The van der Waals surface area contributed by atoms with Crippen LogP contribution >= 0.6 is 0 Å². The van der Waals surface area contributed by atoms with Crippen LogP contribution in [-0.4, -0.2) is 95.2 Å². The number of carbonyl (C=O) groups excluding carboxylic acids is 3. The summed E-state index contributed by atoms with van der Waals surface area (Å²) in [5.41, 5.74) is 0.911. The van der Waals surface area contributed by atoms with Gasteiger partial charge >= 0.3 is 17.9 Å². The molecule has 60 heavy (non-hydrogen) atoms. The van der Waals surface area contributed by atoms with Crippen molar-refractivity contribution in [2.45, 2.75) is 245 Å². The van der Waals surface area contributed by atoms with Gasteiger partial charge in [0.05, 0.1) is 31.1 Å². The zero-order valence-corrected chi connectivity index (χ0v) is 39.5. The van der Waals surface area contributed by atoms with Gasteiger partial charge in [0.1, 0.15) is 12.1 Å². The van der Waals surface area contributed by atoms with E-state index < -0.39 is 0 Å². The number of esters is 3. The van der Waals surface area contributed by atoms with Gasteiger partial charge in [0.2, 0.25) is 0 Å². The van der Waals surface area contributed by atoms with Crippen molar-refractivity contribution in [2.75, 3.05) is 40.4 Å². The summed E-state index contributed by atoms with van der Waals surface area (Å²) in [6.45, 7) is 9.84. The molecule has 0 aromatic carbocycles. The number of carbonyl (C=O) groups is 3. The highest BCUT2D eigenvalue weighted by Crippen LogP contribution is 2.29. The number of hydrogen-bond donors (Lipinski definition) is 0. The highest BCUT2D eigenvalue weighted by Gasteiger charge is 2.39. The maximum Gasteiger partial charge on any atom is 0.323 e. The predicted octanol–water partition coefficient (Wildman–Crippen LogP) is 11.7. The standard InChI is InChI=1S/C49H91N5O6/c1-6-9-12-14-16-17-18-22-30-37-58-47(55)34-28-24-29-36-53-42-44(54-41-43(50-51-54)40-52(4)5)39-46(53)49(57)59-38-31-23-19-21-27-35-48(56)60-45(32-25-11-8-3)33-26-20-15-13-10-7-2/h41,44-46H,6-40,42H2,1-5H3/t44?,45?,46-/m0/s1. The summed E-state index contributed by atoms with van der Waals surface area (Å²) < 4.78 is 19.2. The summed E-state index contributed by atoms with van der Waals surface area (Å²) in [4.78, 5) is 42.8. The van der Waals surface area contributed by atoms with E-state index in [2.05, 4.69) is 40.9 Å². The molecule has 348 valence electrons. The lowest BCUT2D eigenvalue weighted by Gasteiger charge is -2.22. The Bertz CT molecular complexity index is 1210. The van der Waals surface area contributed by atoms with Crippen molar-refractivity contribution >= 4 is 17.9 Å². The van der Waals surface area contributed by atoms with Crippen LogP contribution in [0, 0.1) is 0 Å². The Balaban J connectivity index is 1.68. The van der Waals surface area contributed by atoms with Crippen LogP contribution in [0.5, 0.6) is 0 Å². The first-order valence-corrected chi connectivity index (χ1v) is 25.1. The smallest absolute Gasteiger partial charge is 0.323 e. The van der Waals surface area contributed by atoms with E-state index >= 15 is 0 Å². The molecule has 2 unspecified atom stereocenters. The van der Waals surface area contributed by atoms with E-state index in [9.17, 15) is 14.4 Å². The third-order valence-corrected chi connectivity index (χ3v) is 12.0. The Morgan fingerprint density at radius 3 is 1.77 bits per heavy atom. The fourth-order valence-electron chi connectivity index (χ4n) is 8.34. The van der Waals surface area contributed by atoms with Crippen molar-refractivity contribution in [2.24, 2.45) is 0 Å². The number of rotatable bonds is 40. The Morgan fingerprint density at radius 2 is 1.15 bits per heavy atom. The van der Waals surface area contributed by atoms with Crippen molar-refractivity contribution < 1.29 is 28.6 Å². The van der Waals surface area contributed by atoms with Crippen molar-refractivity contribution in [3.05, 3.63) is 11.9 Å². The lowest BCUT2D eigenvalue weighted by Crippen LogP contribution is -2.38. The Hall–Kier alpha value is -2.53. The molecule has 1 aromatic rings. The topological polar surface area (TPSA) is 116 Å². The van der Waals surface area contributed by atoms with E-state index in [1.807, 2.05) is 25.0 Å². The molecule has 0 radical (unpaired) electrons. The van der Waals surface area contributed by atoms with E-state index in [0.717, 1.165) is 102 Å². The van der Waals surface area contributed by atoms with E-state index in [1.54, 1.807) is 0 Å². The molecule has 0 spiro atoms. The van der Waals surface area contributed by atoms with E-state index in [1.165, 1.54) is 89.9 Å². The summed E-state index contributed by atoms with van der Waals surface area (Å²) >= 11 is 0. The van der Waals surface area contributed by atoms with Crippen LogP contribution in [-0.2, 0) is 35.1 Å². The summed E-state index contributed by atoms with van der Waals surface area (Å²) in [5.74, 6) is -0.305. The Morgan fingerprint density at radius 1 is 0.650 bits per heavy atom. The average Bonchev–Trinajstić information content (AvgIpc) is 3.87. The first-order valence-electron chi connectivity index (χ1n) is 25.1. The second kappa shape index (κ2) is 36.0. The van der Waals surface area contributed by atoms with Gasteiger partial charge in [-0.1, -0.05) is 148 Å². The molecule has 0 saturated carbocycles. The van der Waals surface area contributed by atoms with Crippen LogP contribution in [0.15, 0.2) is 6.20 Å². The highest BCUT2D eigenvalue weighted by molar-refractivity contribution is 5.76. The average molecular weight is 846 g/mol. The Labute approximate surface area is 367 Å². The molecular weight excluding hydrogens is 755 g/mol. The summed E-state index contributed by atoms with van der Waals surface area (Å²) in [7, 11) is 4.03. The van der Waals surface area contributed by atoms with Gasteiger partial charge in [0.15, 0.2) is 0 Å².